The average molecular weight is 927 g/mol. The predicted octanol–water partition coefficient (Wildman–Crippen LogP) is 14.4. The molecule has 62 heavy (non-hydrogen) atoms. The van der Waals surface area contributed by atoms with E-state index in [0.717, 1.165) is 132 Å². The summed E-state index contributed by atoms with van der Waals surface area (Å²) < 4.78 is 34.9. The molecule has 0 N–H and O–H groups in total. The maximum absolute atomic E-state index is 8.04. The minimum Gasteiger partial charge on any atom is -0.408 e. The van der Waals surface area contributed by atoms with Gasteiger partial charge in [-0.25, -0.2) is 0 Å². The van der Waals surface area contributed by atoms with Crippen LogP contribution in [0.5, 0.6) is 0 Å². The van der Waals surface area contributed by atoms with Crippen molar-refractivity contribution >= 4 is 44.2 Å². The van der Waals surface area contributed by atoms with Crippen LogP contribution in [-0.4, -0.2) is 71.1 Å². The van der Waals surface area contributed by atoms with E-state index in [1.165, 1.54) is 15.9 Å². The number of unbranched alkanes of at least 4 members (excludes halogenated alkanes) is 4. The smallest absolute Gasteiger partial charge is 0.408 e. The Labute approximate surface area is 385 Å². The first-order valence-electron chi connectivity index (χ1n) is 24.6. The van der Waals surface area contributed by atoms with E-state index < -0.39 is 22.6 Å². The molecule has 6 nitrogen and oxygen atoms in total. The molecule has 0 unspecified atom stereocenters. The Hall–Kier alpha value is -1.62. The molecule has 5 atom stereocenters. The quantitative estimate of drug-likeness (QED) is 0.0479. The van der Waals surface area contributed by atoms with Crippen molar-refractivity contribution in [1.82, 2.24) is 4.98 Å². The molecule has 0 bridgehead atoms. The van der Waals surface area contributed by atoms with Crippen LogP contribution in [0.15, 0.2) is 83.5 Å². The SMILES string of the molecule is C=C1C[C@H](C[C@@H]2C[C@@H](O[Si](C)(C)C(C)(C)C)C[C@H](c3coc(CP(Cl)(CCCC)(CCCC)CCCC)n3)O2)O[C@@H](CCO[Si](CCCC)(c2ccccc2)c2ccccc2)C1. The van der Waals surface area contributed by atoms with Crippen LogP contribution in [0.25, 0.3) is 0 Å². The van der Waals surface area contributed by atoms with Gasteiger partial charge in [-0.3, -0.25) is 0 Å². The topological polar surface area (TPSA) is 63.0 Å². The number of hydrogen-bond donors (Lipinski definition) is 0. The molecule has 2 aliphatic heterocycles. The third kappa shape index (κ3) is 14.0. The standard InChI is InChI=1S/C52H85ClNO5PSi2/c1-11-15-31-60(53,32-16-12-2,33-17-13-3)41-51-54-49(40-55-51)50-39-46(59-61(9,10)52(6,7)8)38-45(58-50)37-44-36-42(5)35-43(57-44)29-30-56-62(34-18-14-4,47-25-21-19-22-26-47)48-27-23-20-24-28-48/h19-28,40,43-46,50H,5,11-18,29-39,41H2,1-4,6-10H3/t43-,44+,45+,46+,50+/m0/s1. The van der Waals surface area contributed by atoms with Gasteiger partial charge in [-0.15, -0.1) is 0 Å². The van der Waals surface area contributed by atoms with Crippen molar-refractivity contribution in [3.05, 3.63) is 90.7 Å². The number of benzene rings is 2. The second kappa shape index (κ2) is 23.2. The second-order valence-corrected chi connectivity index (χ2v) is 37.2. The van der Waals surface area contributed by atoms with Crippen molar-refractivity contribution in [2.45, 2.75) is 199 Å². The van der Waals surface area contributed by atoms with E-state index in [9.17, 15) is 0 Å². The van der Waals surface area contributed by atoms with Crippen LogP contribution < -0.4 is 10.4 Å². The fourth-order valence-corrected chi connectivity index (χ4v) is 21.9. The summed E-state index contributed by atoms with van der Waals surface area (Å²) in [4.78, 5) is 5.25. The fourth-order valence-electron chi connectivity index (χ4n) is 9.72. The van der Waals surface area contributed by atoms with Gasteiger partial charge in [0, 0.05) is 6.61 Å². The van der Waals surface area contributed by atoms with E-state index in [1.807, 2.05) is 6.26 Å². The van der Waals surface area contributed by atoms with Gasteiger partial charge in [-0.05, 0) is 16.4 Å². The summed E-state index contributed by atoms with van der Waals surface area (Å²) in [6.07, 6.45) is 20.1. The van der Waals surface area contributed by atoms with E-state index in [2.05, 4.69) is 129 Å². The van der Waals surface area contributed by atoms with E-state index >= 15 is 0 Å². The summed E-state index contributed by atoms with van der Waals surface area (Å²) in [5, 5.41) is 2.79. The Morgan fingerprint density at radius 1 is 0.774 bits per heavy atom. The number of hydrogen-bond acceptors (Lipinski definition) is 6. The van der Waals surface area contributed by atoms with Gasteiger partial charge in [0.05, 0.1) is 0 Å². The van der Waals surface area contributed by atoms with Crippen molar-refractivity contribution in [3.63, 3.8) is 0 Å². The first-order valence-corrected chi connectivity index (χ1v) is 33.5. The summed E-state index contributed by atoms with van der Waals surface area (Å²) >= 11 is 8.04. The van der Waals surface area contributed by atoms with Crippen molar-refractivity contribution in [1.29, 1.82) is 0 Å². The minimum absolute atomic E-state index is 0.0230. The molecule has 1 aromatic heterocycles. The minimum atomic E-state index is -2.60. The van der Waals surface area contributed by atoms with Crippen LogP contribution in [0, 0.1) is 0 Å². The van der Waals surface area contributed by atoms with Gasteiger partial charge in [0.25, 0.3) is 8.32 Å². The molecule has 0 radical (unpaired) electrons. The van der Waals surface area contributed by atoms with Crippen LogP contribution in [0.3, 0.4) is 0 Å². The number of oxazole rings is 1. The zero-order chi connectivity index (χ0) is 44.9. The molecule has 0 saturated carbocycles. The number of rotatable bonds is 25. The van der Waals surface area contributed by atoms with Crippen LogP contribution in [0.1, 0.15) is 156 Å². The Morgan fingerprint density at radius 3 is 1.89 bits per heavy atom. The summed E-state index contributed by atoms with van der Waals surface area (Å²) in [5.41, 5.74) is 2.14. The van der Waals surface area contributed by atoms with Gasteiger partial charge in [-0.2, -0.15) is 0 Å². The van der Waals surface area contributed by atoms with Gasteiger partial charge in [0.1, 0.15) is 0 Å². The Morgan fingerprint density at radius 2 is 1.34 bits per heavy atom. The second-order valence-electron chi connectivity index (χ2n) is 20.7. The Kier molecular flexibility index (Phi) is 19.2. The normalized spacial score (nSPS) is 22.4. The number of ether oxygens (including phenoxy) is 2. The van der Waals surface area contributed by atoms with E-state index in [1.54, 1.807) is 0 Å². The molecule has 2 aliphatic rings. The molecule has 5 rings (SSSR count). The van der Waals surface area contributed by atoms with E-state index in [0.29, 0.717) is 6.61 Å². The zero-order valence-electron chi connectivity index (χ0n) is 40.4. The van der Waals surface area contributed by atoms with Gasteiger partial charge in [0.2, 0.25) is 0 Å². The third-order valence-corrected chi connectivity index (χ3v) is 30.4. The first kappa shape index (κ1) is 51.4. The van der Waals surface area contributed by atoms with Gasteiger partial charge in [0.15, 0.2) is 0 Å². The molecule has 0 spiro atoms. The van der Waals surface area contributed by atoms with Gasteiger partial charge >= 0.3 is 271 Å². The molecular formula is C52H85ClNO5PSi2. The fraction of sp³-hybridized carbons (Fsp3) is 0.673. The molecule has 10 heteroatoms. The molecular weight excluding hydrogens is 841 g/mol. The molecule has 3 aromatic rings. The molecule has 0 amide bonds. The van der Waals surface area contributed by atoms with Crippen LogP contribution in [-0.2, 0) is 24.5 Å². The maximum atomic E-state index is 8.04. The van der Waals surface area contributed by atoms with E-state index in [-0.39, 0.29) is 35.6 Å². The monoisotopic (exact) mass is 926 g/mol. The molecule has 2 aromatic carbocycles. The van der Waals surface area contributed by atoms with Crippen molar-refractivity contribution < 1.29 is 22.7 Å². The predicted molar refractivity (Wildman–Crippen MR) is 271 cm³/mol. The van der Waals surface area contributed by atoms with Crippen LogP contribution in [0.4, 0.5) is 0 Å². The average Bonchev–Trinajstić information content (AvgIpc) is 3.70. The zero-order valence-corrected chi connectivity index (χ0v) is 44.1. The summed E-state index contributed by atoms with van der Waals surface area (Å²) in [6, 6.07) is 23.0. The van der Waals surface area contributed by atoms with Crippen molar-refractivity contribution in [2.24, 2.45) is 0 Å². The van der Waals surface area contributed by atoms with Crippen molar-refractivity contribution in [2.75, 3.05) is 25.1 Å². The number of aromatic nitrogens is 1. The Bertz CT molecular complexity index is 1720. The molecule has 2 saturated heterocycles. The van der Waals surface area contributed by atoms with Crippen LogP contribution in [0.2, 0.25) is 24.2 Å². The van der Waals surface area contributed by atoms with Crippen LogP contribution >= 0.6 is 17.2 Å². The molecule has 0 aliphatic carbocycles. The Balaban J connectivity index is 1.33. The third-order valence-electron chi connectivity index (χ3n) is 14.4. The number of nitrogens with zero attached hydrogens (tertiary/aromatic N) is 1. The molecule has 3 heterocycles. The summed E-state index contributed by atoms with van der Waals surface area (Å²) in [6.45, 7) is 26.0. The van der Waals surface area contributed by atoms with E-state index in [4.69, 9.17) is 39.0 Å². The van der Waals surface area contributed by atoms with Gasteiger partial charge in [-0.1, -0.05) is 80.4 Å². The van der Waals surface area contributed by atoms with Crippen molar-refractivity contribution in [3.8, 4) is 0 Å². The first-order chi connectivity index (χ1) is 29.5. The molecule has 2 fully saturated rings. The molecule has 348 valence electrons. The van der Waals surface area contributed by atoms with Gasteiger partial charge < -0.3 is 4.43 Å². The summed E-state index contributed by atoms with van der Waals surface area (Å²) in [5.74, 6) is -1.80. The summed E-state index contributed by atoms with van der Waals surface area (Å²) in [7, 11) is -4.52. The number of halogens is 1.